The summed E-state index contributed by atoms with van der Waals surface area (Å²) < 4.78 is 14.3. The molecule has 2 heterocycles. The van der Waals surface area contributed by atoms with Crippen molar-refractivity contribution >= 4 is 16.4 Å². The first-order valence-corrected chi connectivity index (χ1v) is 8.44. The Morgan fingerprint density at radius 2 is 2.00 bits per heavy atom. The van der Waals surface area contributed by atoms with Gasteiger partial charge in [0.2, 0.25) is 0 Å². The molecule has 0 amide bonds. The summed E-state index contributed by atoms with van der Waals surface area (Å²) in [4.78, 5) is 4.50. The number of fused-ring (bicyclic) bond motifs is 1. The standard InChI is InChI=1S/C17H18N2OS/c1-13-6-7-14(2)15(9-13)11-21(20)12-16-10-19-8-4-3-5-17(19)18-16/h3-10H,11-12H2,1-2H3. The quantitative estimate of drug-likeness (QED) is 0.740. The topological polar surface area (TPSA) is 34.4 Å². The van der Waals surface area contributed by atoms with E-state index in [-0.39, 0.29) is 0 Å². The molecule has 0 radical (unpaired) electrons. The van der Waals surface area contributed by atoms with Gasteiger partial charge >= 0.3 is 0 Å². The van der Waals surface area contributed by atoms with Gasteiger partial charge in [-0.15, -0.1) is 0 Å². The molecule has 3 rings (SSSR count). The SMILES string of the molecule is Cc1ccc(C)c(CS(=O)Cc2cn3ccccc3n2)c1. The molecule has 0 fully saturated rings. The van der Waals surface area contributed by atoms with E-state index >= 15 is 0 Å². The molecule has 3 nitrogen and oxygen atoms in total. The van der Waals surface area contributed by atoms with Crippen LogP contribution in [0, 0.1) is 13.8 Å². The van der Waals surface area contributed by atoms with Gasteiger partial charge in [-0.2, -0.15) is 0 Å². The lowest BCUT2D eigenvalue weighted by Gasteiger charge is -2.06. The normalized spacial score (nSPS) is 12.7. The van der Waals surface area contributed by atoms with Crippen LogP contribution >= 0.6 is 0 Å². The van der Waals surface area contributed by atoms with Gasteiger partial charge in [0, 0.05) is 28.9 Å². The Morgan fingerprint density at radius 1 is 1.14 bits per heavy atom. The Morgan fingerprint density at radius 3 is 2.81 bits per heavy atom. The lowest BCUT2D eigenvalue weighted by molar-refractivity contribution is 0.681. The summed E-state index contributed by atoms with van der Waals surface area (Å²) >= 11 is 0. The minimum atomic E-state index is -0.943. The van der Waals surface area contributed by atoms with Crippen molar-refractivity contribution in [3.05, 3.63) is 71.2 Å². The minimum absolute atomic E-state index is 0.495. The zero-order valence-corrected chi connectivity index (χ0v) is 13.1. The van der Waals surface area contributed by atoms with Crippen molar-refractivity contribution in [1.29, 1.82) is 0 Å². The molecule has 1 atom stereocenters. The third kappa shape index (κ3) is 3.22. The maximum absolute atomic E-state index is 12.4. The Bertz CT molecular complexity index is 774. The molecule has 4 heteroatoms. The van der Waals surface area contributed by atoms with Crippen molar-refractivity contribution in [3.63, 3.8) is 0 Å². The van der Waals surface area contributed by atoms with E-state index in [4.69, 9.17) is 0 Å². The van der Waals surface area contributed by atoms with E-state index in [1.54, 1.807) is 0 Å². The third-order valence-corrected chi connectivity index (χ3v) is 4.79. The number of nitrogens with zero attached hydrogens (tertiary/aromatic N) is 2. The maximum atomic E-state index is 12.4. The molecule has 1 unspecified atom stereocenters. The van der Waals surface area contributed by atoms with E-state index in [1.165, 1.54) is 11.1 Å². The molecular weight excluding hydrogens is 280 g/mol. The zero-order chi connectivity index (χ0) is 14.8. The summed E-state index contributed by atoms with van der Waals surface area (Å²) in [5, 5.41) is 0. The number of hydrogen-bond donors (Lipinski definition) is 0. The summed E-state index contributed by atoms with van der Waals surface area (Å²) in [7, 11) is -0.943. The van der Waals surface area contributed by atoms with E-state index in [2.05, 4.69) is 37.0 Å². The van der Waals surface area contributed by atoms with Gasteiger partial charge in [-0.05, 0) is 37.1 Å². The fourth-order valence-corrected chi connectivity index (χ4v) is 3.63. The average Bonchev–Trinajstić information content (AvgIpc) is 2.84. The molecule has 21 heavy (non-hydrogen) atoms. The largest absolute Gasteiger partial charge is 0.307 e. The van der Waals surface area contributed by atoms with Gasteiger partial charge in [-0.3, -0.25) is 4.21 Å². The van der Waals surface area contributed by atoms with Crippen LogP contribution < -0.4 is 0 Å². The smallest absolute Gasteiger partial charge is 0.137 e. The fraction of sp³-hybridized carbons (Fsp3) is 0.235. The number of rotatable bonds is 4. The van der Waals surface area contributed by atoms with Gasteiger partial charge < -0.3 is 4.40 Å². The van der Waals surface area contributed by atoms with Crippen LogP contribution in [0.3, 0.4) is 0 Å². The van der Waals surface area contributed by atoms with Crippen LogP contribution in [0.5, 0.6) is 0 Å². The molecule has 1 aromatic carbocycles. The molecular formula is C17H18N2OS. The van der Waals surface area contributed by atoms with Gasteiger partial charge in [-0.1, -0.05) is 29.8 Å². The van der Waals surface area contributed by atoms with Crippen molar-refractivity contribution < 1.29 is 4.21 Å². The van der Waals surface area contributed by atoms with E-state index in [1.807, 2.05) is 35.0 Å². The Hall–Kier alpha value is -1.94. The van der Waals surface area contributed by atoms with Crippen molar-refractivity contribution in [1.82, 2.24) is 9.38 Å². The van der Waals surface area contributed by atoms with E-state index in [0.717, 1.165) is 16.9 Å². The fourth-order valence-electron chi connectivity index (χ4n) is 2.40. The van der Waals surface area contributed by atoms with Crippen LogP contribution in [0.1, 0.15) is 22.4 Å². The molecule has 0 saturated carbocycles. The zero-order valence-electron chi connectivity index (χ0n) is 12.2. The van der Waals surface area contributed by atoms with Gasteiger partial charge in [0.15, 0.2) is 0 Å². The third-order valence-electron chi connectivity index (χ3n) is 3.54. The Kier molecular flexibility index (Phi) is 3.88. The second-order valence-electron chi connectivity index (χ2n) is 5.36. The lowest BCUT2D eigenvalue weighted by atomic mass is 10.1. The molecule has 2 aromatic heterocycles. The van der Waals surface area contributed by atoms with E-state index < -0.39 is 10.8 Å². The maximum Gasteiger partial charge on any atom is 0.137 e. The number of imidazole rings is 1. The minimum Gasteiger partial charge on any atom is -0.307 e. The molecule has 0 N–H and O–H groups in total. The van der Waals surface area contributed by atoms with Crippen molar-refractivity contribution in [2.75, 3.05) is 0 Å². The first-order chi connectivity index (χ1) is 10.1. The van der Waals surface area contributed by atoms with Gasteiger partial charge in [-0.25, -0.2) is 4.98 Å². The van der Waals surface area contributed by atoms with Crippen molar-refractivity contribution in [2.24, 2.45) is 0 Å². The van der Waals surface area contributed by atoms with Crippen LogP contribution in [0.2, 0.25) is 0 Å². The summed E-state index contributed by atoms with van der Waals surface area (Å²) in [6.07, 6.45) is 3.91. The molecule has 0 saturated heterocycles. The highest BCUT2D eigenvalue weighted by Gasteiger charge is 2.09. The number of aryl methyl sites for hydroxylation is 2. The summed E-state index contributed by atoms with van der Waals surface area (Å²) in [5.41, 5.74) is 5.35. The second kappa shape index (κ2) is 5.82. The van der Waals surface area contributed by atoms with Crippen LogP contribution in [0.25, 0.3) is 5.65 Å². The van der Waals surface area contributed by atoms with Crippen molar-refractivity contribution in [2.45, 2.75) is 25.4 Å². The van der Waals surface area contributed by atoms with Gasteiger partial charge in [0.25, 0.3) is 0 Å². The highest BCUT2D eigenvalue weighted by Crippen LogP contribution is 2.15. The number of benzene rings is 1. The molecule has 0 aliphatic rings. The number of hydrogen-bond acceptors (Lipinski definition) is 2. The average molecular weight is 298 g/mol. The first-order valence-electron chi connectivity index (χ1n) is 6.95. The predicted molar refractivity (Wildman–Crippen MR) is 86.7 cm³/mol. The highest BCUT2D eigenvalue weighted by molar-refractivity contribution is 7.83. The van der Waals surface area contributed by atoms with Gasteiger partial charge in [0.1, 0.15) is 5.65 Å². The lowest BCUT2D eigenvalue weighted by Crippen LogP contribution is -2.01. The Labute approximate surface area is 127 Å². The summed E-state index contributed by atoms with van der Waals surface area (Å²) in [6.45, 7) is 4.13. The molecule has 3 aromatic rings. The van der Waals surface area contributed by atoms with E-state index in [9.17, 15) is 4.21 Å². The molecule has 0 bridgehead atoms. The van der Waals surface area contributed by atoms with Crippen LogP contribution in [0.15, 0.2) is 48.8 Å². The van der Waals surface area contributed by atoms with Crippen LogP contribution in [-0.4, -0.2) is 13.6 Å². The molecule has 0 aliphatic carbocycles. The summed E-state index contributed by atoms with van der Waals surface area (Å²) in [5.74, 6) is 1.08. The van der Waals surface area contributed by atoms with Crippen LogP contribution in [0.4, 0.5) is 0 Å². The molecule has 0 aliphatic heterocycles. The number of pyridine rings is 1. The first kappa shape index (κ1) is 14.0. The van der Waals surface area contributed by atoms with Gasteiger partial charge in [0.05, 0.1) is 11.4 Å². The molecule has 108 valence electrons. The Balaban J connectivity index is 1.75. The van der Waals surface area contributed by atoms with E-state index in [0.29, 0.717) is 11.5 Å². The van der Waals surface area contributed by atoms with Crippen molar-refractivity contribution in [3.8, 4) is 0 Å². The predicted octanol–water partition coefficient (Wildman–Crippen LogP) is 3.40. The monoisotopic (exact) mass is 298 g/mol. The van der Waals surface area contributed by atoms with Crippen LogP contribution in [-0.2, 0) is 22.3 Å². The molecule has 0 spiro atoms. The highest BCUT2D eigenvalue weighted by atomic mass is 32.2. The second-order valence-corrected chi connectivity index (χ2v) is 6.81. The number of aromatic nitrogens is 2. The summed E-state index contributed by atoms with van der Waals surface area (Å²) in [6, 6.07) is 12.2.